The topological polar surface area (TPSA) is 70.6 Å². The zero-order chi connectivity index (χ0) is 20.6. The number of nitrogens with zero attached hydrogens (tertiary/aromatic N) is 1. The van der Waals surface area contributed by atoms with E-state index in [1.54, 1.807) is 13.1 Å². The van der Waals surface area contributed by atoms with Crippen LogP contribution in [0, 0.1) is 0 Å². The van der Waals surface area contributed by atoms with Gasteiger partial charge in [-0.2, -0.15) is 0 Å². The van der Waals surface area contributed by atoms with E-state index in [4.69, 9.17) is 23.2 Å². The van der Waals surface area contributed by atoms with Gasteiger partial charge in [-0.25, -0.2) is 8.42 Å². The summed E-state index contributed by atoms with van der Waals surface area (Å²) in [5.41, 5.74) is 2.91. The Morgan fingerprint density at radius 2 is 1.69 bits per heavy atom. The molecule has 0 saturated carbocycles. The lowest BCUT2D eigenvalue weighted by molar-refractivity contribution is 0.601. The SMILES string of the molecule is CN=C(NCCCc1ccc(Cl)cc1Cl)NCc1ccc(CS(C)(=O)=O)cc1.I. The molecule has 0 unspecified atom stereocenters. The zero-order valence-corrected chi connectivity index (χ0v) is 21.1. The Morgan fingerprint density at radius 3 is 2.28 bits per heavy atom. The second kappa shape index (κ2) is 12.6. The minimum Gasteiger partial charge on any atom is -0.356 e. The van der Waals surface area contributed by atoms with Crippen LogP contribution in [0.5, 0.6) is 0 Å². The van der Waals surface area contributed by atoms with Crippen LogP contribution in [0.2, 0.25) is 10.0 Å². The molecule has 0 aliphatic heterocycles. The predicted molar refractivity (Wildman–Crippen MR) is 133 cm³/mol. The van der Waals surface area contributed by atoms with Crippen LogP contribution in [0.3, 0.4) is 0 Å². The van der Waals surface area contributed by atoms with Crippen LogP contribution >= 0.6 is 47.2 Å². The van der Waals surface area contributed by atoms with Crippen molar-refractivity contribution < 1.29 is 8.42 Å². The first-order valence-electron chi connectivity index (χ1n) is 8.91. The highest BCUT2D eigenvalue weighted by Gasteiger charge is 2.05. The lowest BCUT2D eigenvalue weighted by atomic mass is 10.1. The molecule has 0 saturated heterocycles. The molecule has 0 radical (unpaired) electrons. The van der Waals surface area contributed by atoms with Gasteiger partial charge in [-0.1, -0.05) is 53.5 Å². The lowest BCUT2D eigenvalue weighted by Crippen LogP contribution is -2.37. The average Bonchev–Trinajstić information content (AvgIpc) is 2.62. The molecule has 0 aliphatic rings. The summed E-state index contributed by atoms with van der Waals surface area (Å²) >= 11 is 12.1. The minimum atomic E-state index is -3.02. The maximum atomic E-state index is 11.3. The van der Waals surface area contributed by atoms with Crippen LogP contribution in [0.4, 0.5) is 0 Å². The van der Waals surface area contributed by atoms with E-state index in [0.29, 0.717) is 22.5 Å². The number of rotatable bonds is 8. The first kappa shape index (κ1) is 26.0. The largest absolute Gasteiger partial charge is 0.356 e. The lowest BCUT2D eigenvalue weighted by Gasteiger charge is -2.12. The van der Waals surface area contributed by atoms with Crippen LogP contribution in [-0.4, -0.2) is 34.2 Å². The second-order valence-electron chi connectivity index (χ2n) is 6.58. The molecule has 0 amide bonds. The number of benzene rings is 2. The van der Waals surface area contributed by atoms with Gasteiger partial charge in [0.15, 0.2) is 15.8 Å². The molecule has 2 rings (SSSR count). The van der Waals surface area contributed by atoms with Gasteiger partial charge < -0.3 is 10.6 Å². The molecular weight excluding hydrogens is 544 g/mol. The number of aliphatic imine (C=N–C) groups is 1. The van der Waals surface area contributed by atoms with Crippen LogP contribution in [0.25, 0.3) is 0 Å². The molecule has 29 heavy (non-hydrogen) atoms. The first-order valence-corrected chi connectivity index (χ1v) is 11.7. The quantitative estimate of drug-likeness (QED) is 0.213. The van der Waals surface area contributed by atoms with Crippen molar-refractivity contribution in [2.75, 3.05) is 19.8 Å². The fraction of sp³-hybridized carbons (Fsp3) is 0.350. The number of hydrogen-bond acceptors (Lipinski definition) is 3. The van der Waals surface area contributed by atoms with Gasteiger partial charge in [0, 0.05) is 36.4 Å². The molecule has 0 bridgehead atoms. The van der Waals surface area contributed by atoms with Gasteiger partial charge >= 0.3 is 0 Å². The van der Waals surface area contributed by atoms with E-state index in [1.807, 2.05) is 36.4 Å². The van der Waals surface area contributed by atoms with Crippen molar-refractivity contribution in [1.82, 2.24) is 10.6 Å². The van der Waals surface area contributed by atoms with Gasteiger partial charge in [0.05, 0.1) is 5.75 Å². The summed E-state index contributed by atoms with van der Waals surface area (Å²) in [5, 5.41) is 7.85. The summed E-state index contributed by atoms with van der Waals surface area (Å²) in [6, 6.07) is 13.1. The normalized spacial score (nSPS) is 11.7. The van der Waals surface area contributed by atoms with Crippen molar-refractivity contribution in [2.45, 2.75) is 25.1 Å². The predicted octanol–water partition coefficient (Wildman–Crippen LogP) is 4.45. The van der Waals surface area contributed by atoms with Crippen molar-refractivity contribution in [1.29, 1.82) is 0 Å². The Bertz CT molecular complexity index is 920. The smallest absolute Gasteiger partial charge is 0.191 e. The van der Waals surface area contributed by atoms with E-state index in [-0.39, 0.29) is 29.7 Å². The fourth-order valence-corrected chi connectivity index (χ4v) is 3.97. The maximum absolute atomic E-state index is 11.3. The van der Waals surface area contributed by atoms with Crippen LogP contribution < -0.4 is 10.6 Å². The Hall–Kier alpha value is -1.03. The highest BCUT2D eigenvalue weighted by atomic mass is 127. The van der Waals surface area contributed by atoms with Crippen molar-refractivity contribution in [3.63, 3.8) is 0 Å². The van der Waals surface area contributed by atoms with Gasteiger partial charge in [0.2, 0.25) is 0 Å². The third kappa shape index (κ3) is 10.0. The summed E-state index contributed by atoms with van der Waals surface area (Å²) in [5.74, 6) is 0.768. The molecule has 2 N–H and O–H groups in total. The highest BCUT2D eigenvalue weighted by Crippen LogP contribution is 2.21. The van der Waals surface area contributed by atoms with Crippen molar-refractivity contribution in [3.8, 4) is 0 Å². The standard InChI is InChI=1S/C20H25Cl2N3O2S.HI/c1-23-20(24-11-3-4-17-9-10-18(21)12-19(17)22)25-13-15-5-7-16(8-6-15)14-28(2,26)27;/h5-10,12H,3-4,11,13-14H2,1-2H3,(H2,23,24,25);1H. The Labute approximate surface area is 200 Å². The molecule has 0 aromatic heterocycles. The molecule has 9 heteroatoms. The Balaban J connectivity index is 0.00000420. The molecule has 5 nitrogen and oxygen atoms in total. The second-order valence-corrected chi connectivity index (χ2v) is 9.56. The summed E-state index contributed by atoms with van der Waals surface area (Å²) in [4.78, 5) is 4.21. The fourth-order valence-electron chi connectivity index (χ4n) is 2.67. The van der Waals surface area contributed by atoms with Gasteiger partial charge in [-0.05, 0) is 41.7 Å². The van der Waals surface area contributed by atoms with E-state index in [2.05, 4.69) is 15.6 Å². The Kier molecular flexibility index (Phi) is 11.3. The highest BCUT2D eigenvalue weighted by molar-refractivity contribution is 14.0. The van der Waals surface area contributed by atoms with E-state index in [0.717, 1.165) is 36.1 Å². The number of guanidine groups is 1. The van der Waals surface area contributed by atoms with Gasteiger partial charge in [-0.15, -0.1) is 24.0 Å². The number of halogens is 3. The van der Waals surface area contributed by atoms with E-state index >= 15 is 0 Å². The minimum absolute atomic E-state index is 0. The summed E-state index contributed by atoms with van der Waals surface area (Å²) in [6.07, 6.45) is 2.99. The Morgan fingerprint density at radius 1 is 1.03 bits per heavy atom. The third-order valence-electron chi connectivity index (χ3n) is 4.07. The maximum Gasteiger partial charge on any atom is 0.191 e. The molecular formula is C20H26Cl2IN3O2S. The third-order valence-corrected chi connectivity index (χ3v) is 5.51. The number of aryl methyl sites for hydroxylation is 1. The molecule has 2 aromatic carbocycles. The first-order chi connectivity index (χ1) is 13.3. The van der Waals surface area contributed by atoms with Gasteiger partial charge in [0.1, 0.15) is 0 Å². The molecule has 0 heterocycles. The molecule has 2 aromatic rings. The van der Waals surface area contributed by atoms with Crippen LogP contribution in [0.15, 0.2) is 47.5 Å². The molecule has 0 fully saturated rings. The summed E-state index contributed by atoms with van der Waals surface area (Å²) < 4.78 is 22.7. The number of sulfone groups is 1. The summed E-state index contributed by atoms with van der Waals surface area (Å²) in [6.45, 7) is 1.35. The monoisotopic (exact) mass is 569 g/mol. The van der Waals surface area contributed by atoms with Crippen molar-refractivity contribution >= 4 is 63.0 Å². The van der Waals surface area contributed by atoms with E-state index in [9.17, 15) is 8.42 Å². The molecule has 0 atom stereocenters. The van der Waals surface area contributed by atoms with E-state index < -0.39 is 9.84 Å². The zero-order valence-electron chi connectivity index (χ0n) is 16.4. The van der Waals surface area contributed by atoms with Gasteiger partial charge in [-0.3, -0.25) is 4.99 Å². The number of nitrogens with one attached hydrogen (secondary N) is 2. The van der Waals surface area contributed by atoms with Crippen LogP contribution in [0.1, 0.15) is 23.1 Å². The van der Waals surface area contributed by atoms with Gasteiger partial charge in [0.25, 0.3) is 0 Å². The molecule has 160 valence electrons. The molecule has 0 aliphatic carbocycles. The average molecular weight is 570 g/mol. The summed E-state index contributed by atoms with van der Waals surface area (Å²) in [7, 11) is -1.29. The molecule has 0 spiro atoms. The van der Waals surface area contributed by atoms with Crippen LogP contribution in [-0.2, 0) is 28.6 Å². The van der Waals surface area contributed by atoms with Crippen molar-refractivity contribution in [2.24, 2.45) is 4.99 Å². The number of hydrogen-bond donors (Lipinski definition) is 2. The van der Waals surface area contributed by atoms with Crippen molar-refractivity contribution in [3.05, 3.63) is 69.2 Å². The van der Waals surface area contributed by atoms with E-state index in [1.165, 1.54) is 6.26 Å².